The van der Waals surface area contributed by atoms with E-state index in [1.807, 2.05) is 6.07 Å². The number of hydrogen-bond donors (Lipinski definition) is 0. The molecule has 1 aliphatic heterocycles. The molecule has 1 unspecified atom stereocenters. The minimum Gasteiger partial charge on any atom is -0.461 e. The molecule has 2 aromatic heterocycles. The van der Waals surface area contributed by atoms with E-state index in [4.69, 9.17) is 25.5 Å². The van der Waals surface area contributed by atoms with Crippen LogP contribution in [0, 0.1) is 5.92 Å². The van der Waals surface area contributed by atoms with Crippen molar-refractivity contribution >= 4 is 37.1 Å². The maximum absolute atomic E-state index is 14.8. The Bertz CT molecular complexity index is 1200. The number of carbonyl (C=O) groups is 1. The number of rotatable bonds is 8. The van der Waals surface area contributed by atoms with Gasteiger partial charge in [-0.15, -0.1) is 0 Å². The van der Waals surface area contributed by atoms with Crippen LogP contribution in [0.2, 0.25) is 23.3 Å². The van der Waals surface area contributed by atoms with Crippen molar-refractivity contribution in [3.05, 3.63) is 53.7 Å². The third-order valence-corrected chi connectivity index (χ3v) is 11.9. The number of nitrogens with zero attached hydrogens (tertiary/aromatic N) is 4. The van der Waals surface area contributed by atoms with Gasteiger partial charge in [0.15, 0.2) is 24.8 Å². The van der Waals surface area contributed by atoms with Crippen LogP contribution in [0.25, 0.3) is 11.2 Å². The van der Waals surface area contributed by atoms with Crippen LogP contribution >= 0.6 is 11.6 Å². The van der Waals surface area contributed by atoms with Crippen molar-refractivity contribution in [3.8, 4) is 0 Å². The van der Waals surface area contributed by atoms with Crippen molar-refractivity contribution in [3.63, 3.8) is 0 Å². The Morgan fingerprint density at radius 2 is 1.91 bits per heavy atom. The van der Waals surface area contributed by atoms with Gasteiger partial charge >= 0.3 is 5.97 Å². The van der Waals surface area contributed by atoms with Crippen LogP contribution in [0.5, 0.6) is 0 Å². The van der Waals surface area contributed by atoms with Crippen LogP contribution in [-0.2, 0) is 19.6 Å². The van der Waals surface area contributed by atoms with E-state index in [9.17, 15) is 9.18 Å². The Hall–Kier alpha value is -2.40. The van der Waals surface area contributed by atoms with Crippen LogP contribution in [0.4, 0.5) is 4.39 Å². The number of esters is 1. The summed E-state index contributed by atoms with van der Waals surface area (Å²) in [5.74, 6) is -1.04. The first-order valence-corrected chi connectivity index (χ1v) is 14.7. The van der Waals surface area contributed by atoms with Crippen molar-refractivity contribution in [1.29, 1.82) is 0 Å². The normalized spacial score (nSPS) is 22.7. The van der Waals surface area contributed by atoms with E-state index in [0.29, 0.717) is 16.7 Å². The zero-order chi connectivity index (χ0) is 25.4. The molecule has 0 bridgehead atoms. The molecule has 4 rings (SSSR count). The molecule has 188 valence electrons. The number of aromatic nitrogens is 4. The molecule has 1 aliphatic rings. The van der Waals surface area contributed by atoms with E-state index in [1.165, 1.54) is 17.2 Å². The Kier molecular flexibility index (Phi) is 7.02. The van der Waals surface area contributed by atoms with Crippen LogP contribution in [0.1, 0.15) is 31.1 Å². The van der Waals surface area contributed by atoms with Gasteiger partial charge in [0.1, 0.15) is 25.1 Å². The topological polar surface area (TPSA) is 88.4 Å². The Morgan fingerprint density at radius 1 is 1.20 bits per heavy atom. The van der Waals surface area contributed by atoms with Crippen molar-refractivity contribution in [2.24, 2.45) is 5.92 Å². The first-order chi connectivity index (χ1) is 16.5. The molecule has 3 aromatic rings. The highest BCUT2D eigenvalue weighted by molar-refractivity contribution is 6.74. The van der Waals surface area contributed by atoms with E-state index in [1.54, 1.807) is 24.3 Å². The molecule has 3 heterocycles. The predicted octanol–water partition coefficient (Wildman–Crippen LogP) is 5.00. The quantitative estimate of drug-likeness (QED) is 0.235. The zero-order valence-corrected chi connectivity index (χ0v) is 22.3. The highest BCUT2D eigenvalue weighted by Gasteiger charge is 2.59. The first-order valence-electron chi connectivity index (χ1n) is 11.4. The molecule has 0 spiro atoms. The monoisotopic (exact) mass is 520 g/mol. The molecule has 0 saturated carbocycles. The molecule has 1 aromatic carbocycles. The molecule has 11 heteroatoms. The molecule has 0 N–H and O–H groups in total. The highest BCUT2D eigenvalue weighted by Crippen LogP contribution is 2.47. The Labute approximate surface area is 209 Å². The fourth-order valence-corrected chi connectivity index (χ4v) is 5.07. The smallest absolute Gasteiger partial charge is 0.338 e. The summed E-state index contributed by atoms with van der Waals surface area (Å²) in [5, 5.41) is 0.157. The number of halogens is 2. The lowest BCUT2D eigenvalue weighted by Gasteiger charge is -2.54. The van der Waals surface area contributed by atoms with Gasteiger partial charge in [-0.1, -0.05) is 50.6 Å². The summed E-state index contributed by atoms with van der Waals surface area (Å²) in [4.78, 5) is 25.1. The number of carbonyl (C=O) groups excluding carboxylic acids is 1. The zero-order valence-electron chi connectivity index (χ0n) is 20.5. The highest BCUT2D eigenvalue weighted by atomic mass is 35.5. The Balaban J connectivity index is 1.62. The predicted molar refractivity (Wildman–Crippen MR) is 133 cm³/mol. The van der Waals surface area contributed by atoms with E-state index >= 15 is 0 Å². The lowest BCUT2D eigenvalue weighted by Crippen LogP contribution is -2.66. The number of alkyl halides is 1. The fraction of sp³-hybridized carbons (Fsp3) is 0.500. The first kappa shape index (κ1) is 25.7. The van der Waals surface area contributed by atoms with Gasteiger partial charge in [-0.2, -0.15) is 0 Å². The summed E-state index contributed by atoms with van der Waals surface area (Å²) < 4.78 is 34.5. The SMILES string of the molecule is CC(C)(C)[Si](C)(C)OC[C@H]1OC(CF)(n2cnc3c(Cl)ncnc32)[C@@H]1COC(=O)c1ccccc1. The summed E-state index contributed by atoms with van der Waals surface area (Å²) in [6.07, 6.45) is 2.23. The van der Waals surface area contributed by atoms with E-state index in [0.717, 1.165) is 0 Å². The van der Waals surface area contributed by atoms with E-state index < -0.39 is 38.7 Å². The molecule has 1 saturated heterocycles. The van der Waals surface area contributed by atoms with Crippen molar-refractivity contribution in [2.45, 2.75) is 50.7 Å². The van der Waals surface area contributed by atoms with Crippen molar-refractivity contribution < 1.29 is 23.1 Å². The van der Waals surface area contributed by atoms with E-state index in [-0.39, 0.29) is 23.4 Å². The van der Waals surface area contributed by atoms with Crippen molar-refractivity contribution in [2.75, 3.05) is 19.9 Å². The molecule has 1 fully saturated rings. The maximum atomic E-state index is 14.8. The fourth-order valence-electron chi connectivity index (χ4n) is 3.88. The minimum absolute atomic E-state index is 0.00256. The van der Waals surface area contributed by atoms with Gasteiger partial charge in [0.25, 0.3) is 0 Å². The van der Waals surface area contributed by atoms with Crippen LogP contribution < -0.4 is 0 Å². The standard InChI is InChI=1S/C24H30ClFN4O4Si/c1-23(2,3)35(4,5)33-12-18-17(11-32-22(31)16-9-7-6-8-10-16)24(13-26,34-18)30-15-29-19-20(25)27-14-28-21(19)30/h6-10,14-15,17-18H,11-13H2,1-5H3/t17-,18-,24?/m1/s1. The van der Waals surface area contributed by atoms with Gasteiger partial charge in [0.2, 0.25) is 0 Å². The number of hydrogen-bond acceptors (Lipinski definition) is 7. The van der Waals surface area contributed by atoms with Gasteiger partial charge in [-0.25, -0.2) is 24.1 Å². The second-order valence-corrected chi connectivity index (χ2v) is 15.4. The average Bonchev–Trinajstić information content (AvgIpc) is 3.24. The third kappa shape index (κ3) is 4.72. The molecule has 8 nitrogen and oxygen atoms in total. The molecular weight excluding hydrogens is 491 g/mol. The Morgan fingerprint density at radius 3 is 2.57 bits per heavy atom. The minimum atomic E-state index is -2.09. The van der Waals surface area contributed by atoms with Gasteiger partial charge in [0, 0.05) is 0 Å². The molecule has 35 heavy (non-hydrogen) atoms. The summed E-state index contributed by atoms with van der Waals surface area (Å²) >= 11 is 6.16. The molecular formula is C24H30ClFN4O4Si. The number of fused-ring (bicyclic) bond motifs is 1. The molecule has 0 aliphatic carbocycles. The number of benzene rings is 1. The molecule has 0 radical (unpaired) electrons. The second kappa shape index (κ2) is 9.57. The number of imidazole rings is 1. The number of ether oxygens (including phenoxy) is 2. The average molecular weight is 521 g/mol. The van der Waals surface area contributed by atoms with Crippen LogP contribution in [0.15, 0.2) is 43.0 Å². The lowest BCUT2D eigenvalue weighted by molar-refractivity contribution is -0.326. The largest absolute Gasteiger partial charge is 0.461 e. The van der Waals surface area contributed by atoms with E-state index in [2.05, 4.69) is 48.8 Å². The van der Waals surface area contributed by atoms with Crippen molar-refractivity contribution in [1.82, 2.24) is 19.5 Å². The summed E-state index contributed by atoms with van der Waals surface area (Å²) in [6.45, 7) is 10.0. The second-order valence-electron chi connectivity index (χ2n) is 10.2. The summed E-state index contributed by atoms with van der Waals surface area (Å²) in [7, 11) is -2.09. The molecule has 0 amide bonds. The van der Waals surface area contributed by atoms with Gasteiger partial charge in [-0.05, 0) is 30.3 Å². The van der Waals surface area contributed by atoms with Crippen LogP contribution in [0.3, 0.4) is 0 Å². The van der Waals surface area contributed by atoms with Gasteiger partial charge in [0.05, 0.1) is 30.5 Å². The maximum Gasteiger partial charge on any atom is 0.338 e. The van der Waals surface area contributed by atoms with Gasteiger partial charge < -0.3 is 13.9 Å². The van der Waals surface area contributed by atoms with Crippen LogP contribution in [-0.4, -0.2) is 59.8 Å². The summed E-state index contributed by atoms with van der Waals surface area (Å²) in [6, 6.07) is 8.67. The third-order valence-electron chi connectivity index (χ3n) is 7.09. The van der Waals surface area contributed by atoms with Gasteiger partial charge in [-0.3, -0.25) is 4.57 Å². The molecule has 3 atom stereocenters. The lowest BCUT2D eigenvalue weighted by atomic mass is 9.84. The summed E-state index contributed by atoms with van der Waals surface area (Å²) in [5.41, 5.74) is -0.372.